The Morgan fingerprint density at radius 1 is 1.50 bits per heavy atom. The molecule has 0 aliphatic heterocycles. The van der Waals surface area contributed by atoms with Crippen molar-refractivity contribution in [2.45, 2.75) is 19.9 Å². The van der Waals surface area contributed by atoms with Crippen molar-refractivity contribution in [1.82, 2.24) is 14.9 Å². The van der Waals surface area contributed by atoms with E-state index in [-0.39, 0.29) is 11.6 Å². The molecule has 1 aromatic carbocycles. The van der Waals surface area contributed by atoms with Crippen molar-refractivity contribution in [1.29, 1.82) is 0 Å². The van der Waals surface area contributed by atoms with Crippen LogP contribution in [-0.2, 0) is 7.05 Å². The lowest BCUT2D eigenvalue weighted by Gasteiger charge is -2.16. The number of halogens is 1. The molecule has 4 nitrogen and oxygen atoms in total. The molecule has 0 amide bonds. The number of aromatic nitrogens is 2. The monoisotopic (exact) mass is 265 g/mol. The second kappa shape index (κ2) is 5.08. The SMILES string of the molecule is CCN[C@H](C)c1nc2cc(Cl)ccc2c(=O)n1C. The van der Waals surface area contributed by atoms with Crippen molar-refractivity contribution in [2.75, 3.05) is 6.54 Å². The first kappa shape index (κ1) is 13.1. The largest absolute Gasteiger partial charge is 0.308 e. The summed E-state index contributed by atoms with van der Waals surface area (Å²) in [6, 6.07) is 5.17. The molecule has 96 valence electrons. The Morgan fingerprint density at radius 3 is 2.89 bits per heavy atom. The van der Waals surface area contributed by atoms with E-state index in [9.17, 15) is 4.79 Å². The van der Waals surface area contributed by atoms with Gasteiger partial charge >= 0.3 is 0 Å². The van der Waals surface area contributed by atoms with Gasteiger partial charge in [0.05, 0.1) is 16.9 Å². The van der Waals surface area contributed by atoms with Gasteiger partial charge in [-0.25, -0.2) is 4.98 Å². The third-order valence-electron chi connectivity index (χ3n) is 2.97. The lowest BCUT2D eigenvalue weighted by molar-refractivity contribution is 0.536. The number of hydrogen-bond acceptors (Lipinski definition) is 3. The van der Waals surface area contributed by atoms with Gasteiger partial charge in [-0.05, 0) is 31.7 Å². The zero-order chi connectivity index (χ0) is 13.3. The highest BCUT2D eigenvalue weighted by atomic mass is 35.5. The molecule has 18 heavy (non-hydrogen) atoms. The molecule has 0 bridgehead atoms. The fourth-order valence-corrected chi connectivity index (χ4v) is 2.21. The van der Waals surface area contributed by atoms with E-state index >= 15 is 0 Å². The maximum atomic E-state index is 12.2. The van der Waals surface area contributed by atoms with Gasteiger partial charge < -0.3 is 5.32 Å². The molecular formula is C13H16ClN3O. The average molecular weight is 266 g/mol. The predicted molar refractivity (Wildman–Crippen MR) is 74.1 cm³/mol. The van der Waals surface area contributed by atoms with Gasteiger partial charge in [-0.15, -0.1) is 0 Å². The zero-order valence-corrected chi connectivity index (χ0v) is 11.5. The smallest absolute Gasteiger partial charge is 0.261 e. The molecule has 0 aliphatic rings. The summed E-state index contributed by atoms with van der Waals surface area (Å²) in [5.74, 6) is 0.719. The number of rotatable bonds is 3. The zero-order valence-electron chi connectivity index (χ0n) is 10.7. The summed E-state index contributed by atoms with van der Waals surface area (Å²) >= 11 is 5.94. The van der Waals surface area contributed by atoms with Gasteiger partial charge in [-0.3, -0.25) is 9.36 Å². The van der Waals surface area contributed by atoms with Gasteiger partial charge in [0.15, 0.2) is 0 Å². The van der Waals surface area contributed by atoms with Gasteiger partial charge in [0.25, 0.3) is 5.56 Å². The summed E-state index contributed by atoms with van der Waals surface area (Å²) in [6.45, 7) is 4.83. The van der Waals surface area contributed by atoms with Crippen LogP contribution in [0.5, 0.6) is 0 Å². The van der Waals surface area contributed by atoms with Crippen LogP contribution in [0.3, 0.4) is 0 Å². The quantitative estimate of drug-likeness (QED) is 0.926. The molecule has 1 aromatic heterocycles. The van der Waals surface area contributed by atoms with Crippen molar-refractivity contribution >= 4 is 22.5 Å². The molecule has 1 heterocycles. The van der Waals surface area contributed by atoms with Crippen LogP contribution in [0.1, 0.15) is 25.7 Å². The first-order valence-electron chi connectivity index (χ1n) is 5.94. The van der Waals surface area contributed by atoms with E-state index in [0.29, 0.717) is 15.9 Å². The maximum Gasteiger partial charge on any atom is 0.261 e. The van der Waals surface area contributed by atoms with Crippen molar-refractivity contribution in [3.8, 4) is 0 Å². The normalized spacial score (nSPS) is 12.9. The molecule has 2 rings (SSSR count). The first-order valence-corrected chi connectivity index (χ1v) is 6.32. The fraction of sp³-hybridized carbons (Fsp3) is 0.385. The Bertz CT molecular complexity index is 636. The van der Waals surface area contributed by atoms with E-state index < -0.39 is 0 Å². The van der Waals surface area contributed by atoms with Gasteiger partial charge in [-0.1, -0.05) is 18.5 Å². The highest BCUT2D eigenvalue weighted by molar-refractivity contribution is 6.31. The summed E-state index contributed by atoms with van der Waals surface area (Å²) in [7, 11) is 1.74. The molecule has 0 saturated heterocycles. The standard InChI is InChI=1S/C13H16ClN3O/c1-4-15-8(2)12-16-11-7-9(14)5-6-10(11)13(18)17(12)3/h5-8,15H,4H2,1-3H3/t8-/m1/s1. The van der Waals surface area contributed by atoms with Crippen LogP contribution in [0.15, 0.2) is 23.0 Å². The van der Waals surface area contributed by atoms with Gasteiger partial charge in [-0.2, -0.15) is 0 Å². The van der Waals surface area contributed by atoms with E-state index in [1.807, 2.05) is 13.8 Å². The van der Waals surface area contributed by atoms with Gasteiger partial charge in [0, 0.05) is 12.1 Å². The molecule has 0 aliphatic carbocycles. The third-order valence-corrected chi connectivity index (χ3v) is 3.21. The second-order valence-electron chi connectivity index (χ2n) is 4.28. The van der Waals surface area contributed by atoms with Crippen molar-refractivity contribution in [3.05, 3.63) is 39.4 Å². The topological polar surface area (TPSA) is 46.9 Å². The Balaban J connectivity index is 2.69. The van der Waals surface area contributed by atoms with Crippen molar-refractivity contribution < 1.29 is 0 Å². The highest BCUT2D eigenvalue weighted by Crippen LogP contribution is 2.17. The van der Waals surface area contributed by atoms with Crippen LogP contribution in [0.4, 0.5) is 0 Å². The summed E-state index contributed by atoms with van der Waals surface area (Å²) < 4.78 is 1.59. The molecular weight excluding hydrogens is 250 g/mol. The molecule has 0 saturated carbocycles. The third kappa shape index (κ3) is 2.26. The Morgan fingerprint density at radius 2 is 2.22 bits per heavy atom. The van der Waals surface area contributed by atoms with E-state index in [1.54, 1.807) is 29.8 Å². The summed E-state index contributed by atoms with van der Waals surface area (Å²) in [4.78, 5) is 16.8. The minimum absolute atomic E-state index is 0.0241. The van der Waals surface area contributed by atoms with E-state index in [0.717, 1.165) is 12.4 Å². The molecule has 2 aromatic rings. The summed E-state index contributed by atoms with van der Waals surface area (Å²) in [6.07, 6.45) is 0. The molecule has 1 N–H and O–H groups in total. The predicted octanol–water partition coefficient (Wildman–Crippen LogP) is 2.26. The Kier molecular flexibility index (Phi) is 3.68. The lowest BCUT2D eigenvalue weighted by Crippen LogP contribution is -2.29. The molecule has 0 radical (unpaired) electrons. The first-order chi connectivity index (χ1) is 8.54. The fourth-order valence-electron chi connectivity index (χ4n) is 2.05. The van der Waals surface area contributed by atoms with Gasteiger partial charge in [0.1, 0.15) is 5.82 Å². The maximum absolute atomic E-state index is 12.2. The number of fused-ring (bicyclic) bond motifs is 1. The molecule has 0 spiro atoms. The number of nitrogens with one attached hydrogen (secondary N) is 1. The second-order valence-corrected chi connectivity index (χ2v) is 4.71. The van der Waals surface area contributed by atoms with Crippen LogP contribution in [-0.4, -0.2) is 16.1 Å². The number of benzene rings is 1. The van der Waals surface area contributed by atoms with E-state index in [1.165, 1.54) is 0 Å². The minimum atomic E-state index is -0.0450. The van der Waals surface area contributed by atoms with Crippen LogP contribution in [0.25, 0.3) is 10.9 Å². The van der Waals surface area contributed by atoms with Crippen LogP contribution < -0.4 is 10.9 Å². The summed E-state index contributed by atoms with van der Waals surface area (Å²) in [5, 5.41) is 4.43. The molecule has 1 atom stereocenters. The minimum Gasteiger partial charge on any atom is -0.308 e. The van der Waals surface area contributed by atoms with E-state index in [4.69, 9.17) is 11.6 Å². The molecule has 0 fully saturated rings. The van der Waals surface area contributed by atoms with E-state index in [2.05, 4.69) is 10.3 Å². The van der Waals surface area contributed by atoms with Crippen molar-refractivity contribution in [2.24, 2.45) is 7.05 Å². The number of nitrogens with zero attached hydrogens (tertiary/aromatic N) is 2. The molecule has 0 unspecified atom stereocenters. The highest BCUT2D eigenvalue weighted by Gasteiger charge is 2.13. The van der Waals surface area contributed by atoms with Crippen LogP contribution >= 0.6 is 11.6 Å². The number of hydrogen-bond donors (Lipinski definition) is 1. The Hall–Kier alpha value is -1.39. The average Bonchev–Trinajstić information content (AvgIpc) is 2.33. The van der Waals surface area contributed by atoms with Crippen LogP contribution in [0, 0.1) is 0 Å². The Labute approximate surface area is 111 Å². The van der Waals surface area contributed by atoms with Crippen molar-refractivity contribution in [3.63, 3.8) is 0 Å². The lowest BCUT2D eigenvalue weighted by atomic mass is 10.2. The van der Waals surface area contributed by atoms with Gasteiger partial charge in [0.2, 0.25) is 0 Å². The summed E-state index contributed by atoms with van der Waals surface area (Å²) in [5.41, 5.74) is 0.599. The molecule has 5 heteroatoms. The van der Waals surface area contributed by atoms with Crippen LogP contribution in [0.2, 0.25) is 5.02 Å².